The minimum Gasteiger partial charge on any atom is -0.467 e. The van der Waals surface area contributed by atoms with E-state index in [4.69, 9.17) is 28.6 Å². The Bertz CT molecular complexity index is 1250. The highest BCUT2D eigenvalue weighted by molar-refractivity contribution is 7.80. The second-order valence-electron chi connectivity index (χ2n) is 8.77. The van der Waals surface area contributed by atoms with Crippen LogP contribution in [0.1, 0.15) is 29.7 Å². The van der Waals surface area contributed by atoms with Gasteiger partial charge in [-0.15, -0.1) is 0 Å². The van der Waals surface area contributed by atoms with Crippen molar-refractivity contribution in [1.29, 1.82) is 0 Å². The van der Waals surface area contributed by atoms with Crippen molar-refractivity contribution in [3.8, 4) is 5.75 Å². The van der Waals surface area contributed by atoms with Gasteiger partial charge in [-0.3, -0.25) is 9.69 Å². The first-order valence-electron chi connectivity index (χ1n) is 10.8. The monoisotopic (exact) mass is 477 g/mol. The number of ether oxygens (including phenoxy) is 1. The molecular formula is C26H24ClN3O2S. The number of rotatable bonds is 3. The summed E-state index contributed by atoms with van der Waals surface area (Å²) in [6, 6.07) is 20.8. The molecule has 3 aromatic rings. The molecule has 0 spiro atoms. The molecular weight excluding hydrogens is 454 g/mol. The molecule has 0 aromatic heterocycles. The number of amides is 1. The molecule has 1 saturated heterocycles. The van der Waals surface area contributed by atoms with Crippen molar-refractivity contribution in [3.63, 3.8) is 0 Å². The van der Waals surface area contributed by atoms with Crippen LogP contribution in [0.2, 0.25) is 5.02 Å². The first-order valence-corrected chi connectivity index (χ1v) is 11.6. The number of nitrogens with zero attached hydrogens (tertiary/aromatic N) is 1. The van der Waals surface area contributed by atoms with Crippen LogP contribution in [0.25, 0.3) is 0 Å². The number of carbonyl (C=O) groups excluding carboxylic acids is 1. The highest BCUT2D eigenvalue weighted by Crippen LogP contribution is 2.50. The Morgan fingerprint density at radius 2 is 1.73 bits per heavy atom. The maximum Gasteiger partial charge on any atom is 0.236 e. The van der Waals surface area contributed by atoms with Crippen molar-refractivity contribution in [1.82, 2.24) is 5.32 Å². The highest BCUT2D eigenvalue weighted by atomic mass is 35.5. The Hall–Kier alpha value is -3.09. The predicted molar refractivity (Wildman–Crippen MR) is 136 cm³/mol. The van der Waals surface area contributed by atoms with E-state index in [0.29, 0.717) is 15.8 Å². The van der Waals surface area contributed by atoms with Crippen molar-refractivity contribution in [3.05, 3.63) is 88.4 Å². The molecule has 2 N–H and O–H groups in total. The van der Waals surface area contributed by atoms with Gasteiger partial charge < -0.3 is 15.4 Å². The summed E-state index contributed by atoms with van der Waals surface area (Å²) in [6.45, 7) is 5.99. The van der Waals surface area contributed by atoms with E-state index in [1.165, 1.54) is 0 Å². The molecule has 3 unspecified atom stereocenters. The minimum absolute atomic E-state index is 0.163. The largest absolute Gasteiger partial charge is 0.467 e. The lowest BCUT2D eigenvalue weighted by atomic mass is 9.78. The highest BCUT2D eigenvalue weighted by Gasteiger charge is 2.59. The van der Waals surface area contributed by atoms with Crippen LogP contribution < -0.4 is 20.3 Å². The van der Waals surface area contributed by atoms with Crippen LogP contribution in [0.15, 0.2) is 66.7 Å². The summed E-state index contributed by atoms with van der Waals surface area (Å²) in [5, 5.41) is 7.62. The number of nitrogens with one attached hydrogen (secondary N) is 2. The van der Waals surface area contributed by atoms with Gasteiger partial charge in [0.25, 0.3) is 0 Å². The Morgan fingerprint density at radius 3 is 2.42 bits per heavy atom. The number of fused-ring (bicyclic) bond motifs is 4. The van der Waals surface area contributed by atoms with Crippen molar-refractivity contribution in [2.45, 2.75) is 32.5 Å². The Kier molecular flexibility index (Phi) is 5.30. The molecule has 3 atom stereocenters. The summed E-state index contributed by atoms with van der Waals surface area (Å²) in [5.74, 6) is -0.00433. The molecule has 2 heterocycles. The van der Waals surface area contributed by atoms with E-state index >= 15 is 0 Å². The summed E-state index contributed by atoms with van der Waals surface area (Å²) in [5.41, 5.74) is 3.65. The quantitative estimate of drug-likeness (QED) is 0.470. The number of hydrogen-bond acceptors (Lipinski definition) is 3. The average Bonchev–Trinajstić information content (AvgIpc) is 2.77. The lowest BCUT2D eigenvalue weighted by molar-refractivity contribution is -0.130. The topological polar surface area (TPSA) is 53.6 Å². The van der Waals surface area contributed by atoms with Crippen LogP contribution in [-0.2, 0) is 4.79 Å². The number of benzene rings is 3. The number of anilines is 2. The molecule has 1 fully saturated rings. The molecule has 3 aromatic carbocycles. The molecule has 0 aliphatic carbocycles. The van der Waals surface area contributed by atoms with Crippen LogP contribution in [0, 0.1) is 19.8 Å². The van der Waals surface area contributed by atoms with Crippen molar-refractivity contribution in [2.75, 3.05) is 10.2 Å². The lowest BCUT2D eigenvalue weighted by Gasteiger charge is -2.56. The molecule has 2 aliphatic heterocycles. The average molecular weight is 478 g/mol. The van der Waals surface area contributed by atoms with Gasteiger partial charge in [-0.05, 0) is 75.5 Å². The van der Waals surface area contributed by atoms with E-state index < -0.39 is 11.6 Å². The molecule has 168 valence electrons. The third-order valence-electron chi connectivity index (χ3n) is 6.34. The van der Waals surface area contributed by atoms with Gasteiger partial charge in [0.2, 0.25) is 5.91 Å². The van der Waals surface area contributed by atoms with Crippen LogP contribution >= 0.6 is 23.8 Å². The van der Waals surface area contributed by atoms with Crippen molar-refractivity contribution in [2.24, 2.45) is 5.92 Å². The van der Waals surface area contributed by atoms with Gasteiger partial charge in [0.05, 0.1) is 6.04 Å². The molecule has 2 bridgehead atoms. The molecule has 5 rings (SSSR count). The minimum atomic E-state index is -1.04. The summed E-state index contributed by atoms with van der Waals surface area (Å²) < 4.78 is 6.62. The smallest absolute Gasteiger partial charge is 0.236 e. The summed E-state index contributed by atoms with van der Waals surface area (Å²) in [7, 11) is 0. The number of halogens is 1. The molecule has 0 saturated carbocycles. The predicted octanol–water partition coefficient (Wildman–Crippen LogP) is 5.76. The fraction of sp³-hybridized carbons (Fsp3) is 0.231. The van der Waals surface area contributed by atoms with Crippen LogP contribution in [0.4, 0.5) is 11.4 Å². The number of thiocarbonyl (C=S) groups is 1. The van der Waals surface area contributed by atoms with Gasteiger partial charge in [0.15, 0.2) is 10.8 Å². The first-order chi connectivity index (χ1) is 15.8. The van der Waals surface area contributed by atoms with Gasteiger partial charge in [0, 0.05) is 22.0 Å². The zero-order valence-corrected chi connectivity index (χ0v) is 20.1. The third kappa shape index (κ3) is 3.73. The normalized spacial score (nSPS) is 23.3. The molecule has 2 aliphatic rings. The van der Waals surface area contributed by atoms with Crippen molar-refractivity contribution >= 4 is 46.2 Å². The van der Waals surface area contributed by atoms with E-state index in [2.05, 4.69) is 16.7 Å². The van der Waals surface area contributed by atoms with E-state index in [9.17, 15) is 4.79 Å². The number of aryl methyl sites for hydroxylation is 2. The van der Waals surface area contributed by atoms with E-state index in [-0.39, 0.29) is 11.9 Å². The fourth-order valence-corrected chi connectivity index (χ4v) is 5.28. The first kappa shape index (κ1) is 21.7. The fourth-order valence-electron chi connectivity index (χ4n) is 4.74. The van der Waals surface area contributed by atoms with E-state index in [1.807, 2.05) is 62.1 Å². The van der Waals surface area contributed by atoms with Gasteiger partial charge in [-0.25, -0.2) is 0 Å². The van der Waals surface area contributed by atoms with Crippen LogP contribution in [0.5, 0.6) is 5.75 Å². The van der Waals surface area contributed by atoms with Gasteiger partial charge in [-0.1, -0.05) is 47.0 Å². The third-order valence-corrected chi connectivity index (χ3v) is 6.89. The van der Waals surface area contributed by atoms with Gasteiger partial charge in [-0.2, -0.15) is 0 Å². The molecule has 0 radical (unpaired) electrons. The number of hydrogen-bond donors (Lipinski definition) is 2. The van der Waals surface area contributed by atoms with Crippen LogP contribution in [-0.4, -0.2) is 16.7 Å². The summed E-state index contributed by atoms with van der Waals surface area (Å²) in [6.07, 6.45) is 0. The Morgan fingerprint density at radius 1 is 1.06 bits per heavy atom. The SMILES string of the molecule is Cc1ccc(N2C(=S)NC3c4cc(C)ccc4OC2(C)C3C(=O)Nc2ccc(Cl)cc2)cc1. The maximum absolute atomic E-state index is 13.8. The van der Waals surface area contributed by atoms with Crippen LogP contribution in [0.3, 0.4) is 0 Å². The molecule has 1 amide bonds. The zero-order valence-electron chi connectivity index (χ0n) is 18.6. The zero-order chi connectivity index (χ0) is 23.3. The summed E-state index contributed by atoms with van der Waals surface area (Å²) >= 11 is 11.8. The molecule has 33 heavy (non-hydrogen) atoms. The Balaban J connectivity index is 1.62. The lowest BCUT2D eigenvalue weighted by Crippen LogP contribution is -2.72. The second kappa shape index (κ2) is 8.04. The van der Waals surface area contributed by atoms with E-state index in [0.717, 1.165) is 28.1 Å². The van der Waals surface area contributed by atoms with Gasteiger partial charge >= 0.3 is 0 Å². The van der Waals surface area contributed by atoms with Gasteiger partial charge in [0.1, 0.15) is 11.7 Å². The molecule has 5 nitrogen and oxygen atoms in total. The maximum atomic E-state index is 13.8. The molecule has 7 heteroatoms. The second-order valence-corrected chi connectivity index (χ2v) is 9.59. The number of carbonyl (C=O) groups is 1. The van der Waals surface area contributed by atoms with E-state index in [1.54, 1.807) is 24.3 Å². The van der Waals surface area contributed by atoms with Crippen molar-refractivity contribution < 1.29 is 9.53 Å². The Labute approximate surface area is 203 Å². The standard InChI is InChI=1S/C26H24ClN3O2S/c1-15-4-11-19(12-5-15)30-25(33)29-23-20-14-16(2)6-13-21(20)32-26(30,3)22(23)24(31)28-18-9-7-17(27)8-10-18/h4-14,22-23H,1-3H3,(H,28,31)(H,29,33). The summed E-state index contributed by atoms with van der Waals surface area (Å²) in [4.78, 5) is 15.7.